The summed E-state index contributed by atoms with van der Waals surface area (Å²) in [5.74, 6) is 2.07. The number of phenolic OH excluding ortho intramolecular Hbond substituents is 1. The molecule has 1 amide bonds. The number of amides is 1. The van der Waals surface area contributed by atoms with Gasteiger partial charge in [-0.2, -0.15) is 0 Å². The number of carbonyl (C=O) groups is 1. The molecule has 0 radical (unpaired) electrons. The molecule has 0 fully saturated rings. The predicted octanol–water partition coefficient (Wildman–Crippen LogP) is 10.2. The van der Waals surface area contributed by atoms with Crippen LogP contribution >= 0.6 is 0 Å². The second kappa shape index (κ2) is 19.1. The van der Waals surface area contributed by atoms with Crippen LogP contribution in [0.1, 0.15) is 90.4 Å². The number of rotatable bonds is 19. The number of benzene rings is 3. The van der Waals surface area contributed by atoms with Crippen LogP contribution in [0, 0.1) is 0 Å². The fourth-order valence-corrected chi connectivity index (χ4v) is 5.30. The molecule has 46 heavy (non-hydrogen) atoms. The highest BCUT2D eigenvalue weighted by molar-refractivity contribution is 5.85. The highest BCUT2D eigenvalue weighted by Gasteiger charge is 2.15. The van der Waals surface area contributed by atoms with Crippen molar-refractivity contribution in [1.29, 1.82) is 0 Å². The van der Waals surface area contributed by atoms with Crippen LogP contribution in [0.2, 0.25) is 0 Å². The van der Waals surface area contributed by atoms with E-state index >= 15 is 0 Å². The minimum absolute atomic E-state index is 0.0807. The summed E-state index contributed by atoms with van der Waals surface area (Å²) in [7, 11) is 1.62. The van der Waals surface area contributed by atoms with E-state index < -0.39 is 6.09 Å². The lowest BCUT2D eigenvalue weighted by Crippen LogP contribution is -2.14. The van der Waals surface area contributed by atoms with Crippen LogP contribution < -0.4 is 10.1 Å². The van der Waals surface area contributed by atoms with Crippen molar-refractivity contribution in [3.63, 3.8) is 0 Å². The Morgan fingerprint density at radius 2 is 1.15 bits per heavy atom. The summed E-state index contributed by atoms with van der Waals surface area (Å²) in [5.41, 5.74) is 2.64. The number of anilines is 1. The van der Waals surface area contributed by atoms with Crippen LogP contribution in [-0.2, 0) is 4.74 Å². The minimum Gasteiger partial charge on any atom is -0.507 e. The Kier molecular flexibility index (Phi) is 14.3. The van der Waals surface area contributed by atoms with Gasteiger partial charge in [0.05, 0.1) is 19.3 Å². The first-order chi connectivity index (χ1) is 22.6. The number of methoxy groups -OCH3 is 1. The van der Waals surface area contributed by atoms with Crippen molar-refractivity contribution in [2.45, 2.75) is 90.4 Å². The van der Waals surface area contributed by atoms with Crippen molar-refractivity contribution in [1.82, 2.24) is 15.0 Å². The van der Waals surface area contributed by atoms with Gasteiger partial charge in [-0.15, -0.1) is 0 Å². The van der Waals surface area contributed by atoms with Gasteiger partial charge in [0.2, 0.25) is 0 Å². The summed E-state index contributed by atoms with van der Waals surface area (Å²) in [4.78, 5) is 26.4. The molecule has 0 atom stereocenters. The summed E-state index contributed by atoms with van der Waals surface area (Å²) in [5, 5.41) is 13.3. The number of para-hydroxylation sites is 1. The van der Waals surface area contributed by atoms with Crippen LogP contribution in [-0.4, -0.2) is 39.9 Å². The Morgan fingerprint density at radius 1 is 0.652 bits per heavy atom. The molecule has 2 N–H and O–H groups in total. The maximum atomic E-state index is 12.4. The van der Waals surface area contributed by atoms with Gasteiger partial charge in [-0.1, -0.05) is 96.1 Å². The largest absolute Gasteiger partial charge is 0.507 e. The Labute approximate surface area is 273 Å². The van der Waals surface area contributed by atoms with Crippen molar-refractivity contribution in [2.75, 3.05) is 19.0 Å². The van der Waals surface area contributed by atoms with Gasteiger partial charge in [0.25, 0.3) is 0 Å². The summed E-state index contributed by atoms with van der Waals surface area (Å²) in [6.07, 6.45) is 16.1. The van der Waals surface area contributed by atoms with Gasteiger partial charge >= 0.3 is 6.09 Å². The number of carbonyl (C=O) groups excluding carboxylic acids is 1. The highest BCUT2D eigenvalue weighted by atomic mass is 16.5. The predicted molar refractivity (Wildman–Crippen MR) is 185 cm³/mol. The van der Waals surface area contributed by atoms with E-state index in [4.69, 9.17) is 14.5 Å². The number of hydrogen-bond acceptors (Lipinski definition) is 7. The van der Waals surface area contributed by atoms with Crippen molar-refractivity contribution in [2.24, 2.45) is 0 Å². The van der Waals surface area contributed by atoms with E-state index in [1.54, 1.807) is 37.4 Å². The second-order valence-corrected chi connectivity index (χ2v) is 11.6. The average Bonchev–Trinajstić information content (AvgIpc) is 3.09. The van der Waals surface area contributed by atoms with Crippen LogP contribution in [0.15, 0.2) is 72.8 Å². The molecule has 8 nitrogen and oxygen atoms in total. The molecule has 0 aliphatic heterocycles. The summed E-state index contributed by atoms with van der Waals surface area (Å²) in [6, 6.07) is 21.6. The van der Waals surface area contributed by atoms with E-state index in [1.807, 2.05) is 42.5 Å². The van der Waals surface area contributed by atoms with Gasteiger partial charge in [-0.3, -0.25) is 5.32 Å². The Morgan fingerprint density at radius 3 is 1.70 bits per heavy atom. The molecule has 4 aromatic rings. The number of aromatic hydroxyl groups is 1. The SMILES string of the molecule is CCCCCCCCCCCCCCCOC(=O)Nc1ccc(-c2nc(-c3ccc(OC)cc3)nc(-c3ccccc3O)n2)cc1. The van der Waals surface area contributed by atoms with E-state index in [1.165, 1.54) is 70.6 Å². The normalized spacial score (nSPS) is 10.9. The maximum absolute atomic E-state index is 12.4. The molecule has 0 bridgehead atoms. The number of ether oxygens (including phenoxy) is 2. The third kappa shape index (κ3) is 11.2. The van der Waals surface area contributed by atoms with Crippen LogP contribution in [0.5, 0.6) is 11.5 Å². The number of unbranched alkanes of at least 4 members (excludes halogenated alkanes) is 12. The smallest absolute Gasteiger partial charge is 0.411 e. The number of nitrogens with one attached hydrogen (secondary N) is 1. The number of hydrogen-bond donors (Lipinski definition) is 2. The Bertz CT molecular complexity index is 1480. The van der Waals surface area contributed by atoms with Crippen LogP contribution in [0.3, 0.4) is 0 Å². The fraction of sp³-hybridized carbons (Fsp3) is 0.421. The fourth-order valence-electron chi connectivity index (χ4n) is 5.30. The van der Waals surface area contributed by atoms with Gasteiger partial charge in [-0.25, -0.2) is 19.7 Å². The van der Waals surface area contributed by atoms with E-state index in [0.717, 1.165) is 29.7 Å². The molecule has 1 heterocycles. The van der Waals surface area contributed by atoms with Crippen molar-refractivity contribution in [3.8, 4) is 45.7 Å². The summed E-state index contributed by atoms with van der Waals surface area (Å²) >= 11 is 0. The van der Waals surface area contributed by atoms with E-state index in [9.17, 15) is 9.90 Å². The summed E-state index contributed by atoms with van der Waals surface area (Å²) in [6.45, 7) is 2.67. The molecule has 244 valence electrons. The zero-order valence-electron chi connectivity index (χ0n) is 27.3. The topological polar surface area (TPSA) is 106 Å². The molecule has 3 aromatic carbocycles. The molecular formula is C38H48N4O4. The third-order valence-electron chi connectivity index (χ3n) is 8.00. The molecule has 0 saturated carbocycles. The maximum Gasteiger partial charge on any atom is 0.411 e. The first-order valence-corrected chi connectivity index (χ1v) is 16.8. The van der Waals surface area contributed by atoms with Gasteiger partial charge in [0.1, 0.15) is 11.5 Å². The van der Waals surface area contributed by atoms with Crippen LogP contribution in [0.25, 0.3) is 34.2 Å². The molecule has 1 aromatic heterocycles. The lowest BCUT2D eigenvalue weighted by molar-refractivity contribution is 0.159. The zero-order chi connectivity index (χ0) is 32.4. The molecule has 0 spiro atoms. The van der Waals surface area contributed by atoms with E-state index in [0.29, 0.717) is 35.3 Å². The Balaban J connectivity index is 1.25. The van der Waals surface area contributed by atoms with Gasteiger partial charge < -0.3 is 14.6 Å². The van der Waals surface area contributed by atoms with Crippen molar-refractivity contribution < 1.29 is 19.4 Å². The molecular weight excluding hydrogens is 576 g/mol. The lowest BCUT2D eigenvalue weighted by atomic mass is 10.0. The third-order valence-corrected chi connectivity index (χ3v) is 8.00. The number of nitrogens with zero attached hydrogens (tertiary/aromatic N) is 3. The first-order valence-electron chi connectivity index (χ1n) is 16.8. The molecule has 0 aliphatic rings. The molecule has 0 saturated heterocycles. The quantitative estimate of drug-likeness (QED) is 0.1000. The Hall–Kier alpha value is -4.46. The van der Waals surface area contributed by atoms with Gasteiger partial charge in [0.15, 0.2) is 17.5 Å². The monoisotopic (exact) mass is 624 g/mol. The molecule has 4 rings (SSSR count). The molecule has 8 heteroatoms. The van der Waals surface area contributed by atoms with Gasteiger partial charge in [0, 0.05) is 16.8 Å². The molecule has 0 aliphatic carbocycles. The van der Waals surface area contributed by atoms with E-state index in [-0.39, 0.29) is 5.75 Å². The number of aromatic nitrogens is 3. The zero-order valence-corrected chi connectivity index (χ0v) is 27.3. The minimum atomic E-state index is -0.463. The number of phenols is 1. The van der Waals surface area contributed by atoms with Crippen molar-refractivity contribution >= 4 is 11.8 Å². The van der Waals surface area contributed by atoms with Gasteiger partial charge in [-0.05, 0) is 67.1 Å². The summed E-state index contributed by atoms with van der Waals surface area (Å²) < 4.78 is 10.7. The van der Waals surface area contributed by atoms with Crippen molar-refractivity contribution in [3.05, 3.63) is 72.8 Å². The van der Waals surface area contributed by atoms with Crippen LogP contribution in [0.4, 0.5) is 10.5 Å². The first kappa shape index (κ1) is 34.4. The van der Waals surface area contributed by atoms with E-state index in [2.05, 4.69) is 22.2 Å². The average molecular weight is 625 g/mol. The standard InChI is InChI=1S/C38H48N4O4/c1-3-4-5-6-7-8-9-10-11-12-13-14-17-28-46-38(44)39-31-24-20-29(21-25-31)35-40-36(30-22-26-32(45-2)27-23-30)42-37(41-35)33-18-15-16-19-34(33)43/h15-16,18-27,43H,3-14,17,28H2,1-2H3,(H,39,44). The molecule has 0 unspecified atom stereocenters. The highest BCUT2D eigenvalue weighted by Crippen LogP contribution is 2.30. The second-order valence-electron chi connectivity index (χ2n) is 11.6. The lowest BCUT2D eigenvalue weighted by Gasteiger charge is -2.10.